The average Bonchev–Trinajstić information content (AvgIpc) is 2.62. The quantitative estimate of drug-likeness (QED) is 0.584. The van der Waals surface area contributed by atoms with E-state index in [4.69, 9.17) is 4.74 Å². The number of anilines is 1. The number of halogens is 2. The molecule has 0 aromatic heterocycles. The van der Waals surface area contributed by atoms with Crippen molar-refractivity contribution in [2.45, 2.75) is 53.1 Å². The zero-order chi connectivity index (χ0) is 20.8. The second-order valence-electron chi connectivity index (χ2n) is 7.05. The van der Waals surface area contributed by atoms with Crippen molar-refractivity contribution >= 4 is 11.6 Å². The number of benzene rings is 2. The highest BCUT2D eigenvalue weighted by atomic mass is 19.3. The van der Waals surface area contributed by atoms with Crippen LogP contribution in [0.15, 0.2) is 36.4 Å². The summed E-state index contributed by atoms with van der Waals surface area (Å²) in [7, 11) is 0. The minimum absolute atomic E-state index is 0.0983. The minimum atomic E-state index is -2.97. The first-order valence-electron chi connectivity index (χ1n) is 9.40. The van der Waals surface area contributed by atoms with Gasteiger partial charge in [0.05, 0.1) is 6.61 Å². The number of nitrogens with one attached hydrogen (secondary N) is 1. The Morgan fingerprint density at radius 3 is 2.11 bits per heavy atom. The van der Waals surface area contributed by atoms with Crippen LogP contribution in [0.25, 0.3) is 0 Å². The third-order valence-corrected chi connectivity index (χ3v) is 4.33. The van der Waals surface area contributed by atoms with Gasteiger partial charge in [-0.15, -0.1) is 0 Å². The van der Waals surface area contributed by atoms with Gasteiger partial charge in [0.15, 0.2) is 11.5 Å². The van der Waals surface area contributed by atoms with Crippen LogP contribution in [-0.2, 0) is 0 Å². The van der Waals surface area contributed by atoms with Crippen molar-refractivity contribution in [3.05, 3.63) is 53.1 Å². The van der Waals surface area contributed by atoms with Crippen molar-refractivity contribution in [3.63, 3.8) is 0 Å². The van der Waals surface area contributed by atoms with Crippen LogP contribution in [-0.4, -0.2) is 19.1 Å². The number of hydrogen-bond donors (Lipinski definition) is 1. The van der Waals surface area contributed by atoms with Gasteiger partial charge in [0, 0.05) is 11.3 Å². The third kappa shape index (κ3) is 5.21. The number of hydrogen-bond acceptors (Lipinski definition) is 3. The Morgan fingerprint density at radius 2 is 1.61 bits per heavy atom. The SMILES string of the molecule is CCOc1cc(C(=O)Nc2c(C(C)C)cccc2C(C)C)ccc1OC(F)F. The molecule has 1 N–H and O–H groups in total. The maximum atomic E-state index is 12.9. The predicted molar refractivity (Wildman–Crippen MR) is 107 cm³/mol. The number of rotatable bonds is 8. The van der Waals surface area contributed by atoms with Crippen molar-refractivity contribution in [2.24, 2.45) is 0 Å². The molecule has 0 aliphatic heterocycles. The summed E-state index contributed by atoms with van der Waals surface area (Å²) in [5, 5.41) is 3.00. The van der Waals surface area contributed by atoms with Gasteiger partial charge in [-0.3, -0.25) is 4.79 Å². The van der Waals surface area contributed by atoms with Gasteiger partial charge in [0.2, 0.25) is 0 Å². The molecule has 1 amide bonds. The first-order valence-corrected chi connectivity index (χ1v) is 9.40. The highest BCUT2D eigenvalue weighted by Gasteiger charge is 2.19. The van der Waals surface area contributed by atoms with Gasteiger partial charge in [0.25, 0.3) is 5.91 Å². The van der Waals surface area contributed by atoms with Gasteiger partial charge in [-0.1, -0.05) is 45.9 Å². The molecule has 0 radical (unpaired) electrons. The Balaban J connectivity index is 2.39. The van der Waals surface area contributed by atoms with Gasteiger partial charge in [-0.25, -0.2) is 0 Å². The fraction of sp³-hybridized carbons (Fsp3) is 0.409. The fourth-order valence-electron chi connectivity index (χ4n) is 2.99. The van der Waals surface area contributed by atoms with Crippen LogP contribution in [0.3, 0.4) is 0 Å². The molecule has 28 heavy (non-hydrogen) atoms. The zero-order valence-electron chi connectivity index (χ0n) is 16.9. The molecule has 0 bridgehead atoms. The maximum Gasteiger partial charge on any atom is 0.387 e. The molecule has 0 heterocycles. The van der Waals surface area contributed by atoms with Gasteiger partial charge >= 0.3 is 6.61 Å². The Labute approximate surface area is 164 Å². The molecule has 2 rings (SSSR count). The number of amides is 1. The highest BCUT2D eigenvalue weighted by Crippen LogP contribution is 2.34. The molecular formula is C22H27F2NO3. The van der Waals surface area contributed by atoms with E-state index in [9.17, 15) is 13.6 Å². The van der Waals surface area contributed by atoms with Crippen LogP contribution >= 0.6 is 0 Å². The molecule has 2 aromatic carbocycles. The summed E-state index contributed by atoms with van der Waals surface area (Å²) in [6.07, 6.45) is 0. The van der Waals surface area contributed by atoms with E-state index in [1.54, 1.807) is 6.92 Å². The van der Waals surface area contributed by atoms with E-state index in [1.165, 1.54) is 18.2 Å². The zero-order valence-corrected chi connectivity index (χ0v) is 16.9. The Morgan fingerprint density at radius 1 is 1.00 bits per heavy atom. The average molecular weight is 391 g/mol. The molecule has 0 spiro atoms. The Bertz CT molecular complexity index is 793. The van der Waals surface area contributed by atoms with E-state index in [-0.39, 0.29) is 35.8 Å². The normalized spacial score (nSPS) is 11.2. The molecule has 152 valence electrons. The molecule has 6 heteroatoms. The predicted octanol–water partition coefficient (Wildman–Crippen LogP) is 6.19. The van der Waals surface area contributed by atoms with E-state index >= 15 is 0 Å². The van der Waals surface area contributed by atoms with Crippen LogP contribution in [0.2, 0.25) is 0 Å². The summed E-state index contributed by atoms with van der Waals surface area (Å²) in [4.78, 5) is 12.9. The van der Waals surface area contributed by atoms with Gasteiger partial charge in [-0.2, -0.15) is 8.78 Å². The van der Waals surface area contributed by atoms with Crippen LogP contribution in [0.5, 0.6) is 11.5 Å². The summed E-state index contributed by atoms with van der Waals surface area (Å²) < 4.78 is 35.0. The Kier molecular flexibility index (Phi) is 7.38. The summed E-state index contributed by atoms with van der Waals surface area (Å²) in [5.74, 6) is 0.139. The lowest BCUT2D eigenvalue weighted by Gasteiger charge is -2.20. The largest absolute Gasteiger partial charge is 0.490 e. The maximum absolute atomic E-state index is 12.9. The van der Waals surface area contributed by atoms with Gasteiger partial charge in [0.1, 0.15) is 0 Å². The molecule has 2 aromatic rings. The molecular weight excluding hydrogens is 364 g/mol. The molecule has 0 unspecified atom stereocenters. The van der Waals surface area contributed by atoms with Crippen molar-refractivity contribution in [2.75, 3.05) is 11.9 Å². The number of carbonyl (C=O) groups excluding carboxylic acids is 1. The van der Waals surface area contributed by atoms with Gasteiger partial charge in [-0.05, 0) is 48.1 Å². The molecule has 0 saturated carbocycles. The molecule has 0 aliphatic rings. The molecule has 0 aliphatic carbocycles. The van der Waals surface area contributed by atoms with Crippen molar-refractivity contribution in [1.82, 2.24) is 0 Å². The lowest BCUT2D eigenvalue weighted by molar-refractivity contribution is -0.0514. The number of ether oxygens (including phenoxy) is 2. The molecule has 0 saturated heterocycles. The first-order chi connectivity index (χ1) is 13.2. The van der Waals surface area contributed by atoms with Crippen LogP contribution in [0.1, 0.15) is 67.9 Å². The number of alkyl halides is 2. The monoisotopic (exact) mass is 391 g/mol. The fourth-order valence-corrected chi connectivity index (χ4v) is 2.99. The van der Waals surface area contributed by atoms with Crippen LogP contribution < -0.4 is 14.8 Å². The topological polar surface area (TPSA) is 47.6 Å². The lowest BCUT2D eigenvalue weighted by atomic mass is 9.92. The second-order valence-corrected chi connectivity index (χ2v) is 7.05. The van der Waals surface area contributed by atoms with E-state index in [0.29, 0.717) is 5.56 Å². The highest BCUT2D eigenvalue weighted by molar-refractivity contribution is 6.05. The minimum Gasteiger partial charge on any atom is -0.490 e. The van der Waals surface area contributed by atoms with E-state index in [0.717, 1.165) is 16.8 Å². The molecule has 4 nitrogen and oxygen atoms in total. The number of para-hydroxylation sites is 1. The molecule has 0 atom stereocenters. The van der Waals surface area contributed by atoms with Gasteiger partial charge < -0.3 is 14.8 Å². The van der Waals surface area contributed by atoms with E-state index in [2.05, 4.69) is 37.7 Å². The van der Waals surface area contributed by atoms with Crippen molar-refractivity contribution in [3.8, 4) is 11.5 Å². The van der Waals surface area contributed by atoms with Crippen LogP contribution in [0.4, 0.5) is 14.5 Å². The lowest BCUT2D eigenvalue weighted by Crippen LogP contribution is -2.16. The van der Waals surface area contributed by atoms with Crippen molar-refractivity contribution < 1.29 is 23.0 Å². The standard InChI is InChI=1S/C22H27F2NO3/c1-6-27-19-12-15(10-11-18(19)28-22(23)24)21(26)25-20-16(13(2)3)8-7-9-17(20)14(4)5/h7-14,22H,6H2,1-5H3,(H,25,26). The van der Waals surface area contributed by atoms with Crippen LogP contribution in [0, 0.1) is 0 Å². The van der Waals surface area contributed by atoms with E-state index in [1.807, 2.05) is 18.2 Å². The summed E-state index contributed by atoms with van der Waals surface area (Å²) in [6.45, 7) is 7.30. The van der Waals surface area contributed by atoms with E-state index < -0.39 is 6.61 Å². The number of carbonyl (C=O) groups is 1. The Hall–Kier alpha value is -2.63. The third-order valence-electron chi connectivity index (χ3n) is 4.33. The smallest absolute Gasteiger partial charge is 0.387 e. The summed E-state index contributed by atoms with van der Waals surface area (Å²) in [6, 6.07) is 10.2. The summed E-state index contributed by atoms with van der Waals surface area (Å²) >= 11 is 0. The first kappa shape index (κ1) is 21.7. The molecule has 0 fully saturated rings. The summed E-state index contributed by atoms with van der Waals surface area (Å²) in [5.41, 5.74) is 3.19. The second kappa shape index (κ2) is 9.53. The van der Waals surface area contributed by atoms with Crippen molar-refractivity contribution in [1.29, 1.82) is 0 Å².